The molecule has 0 fully saturated rings. The van der Waals surface area contributed by atoms with Crippen LogP contribution in [-0.2, 0) is 22.1 Å². The molecule has 0 aliphatic rings. The van der Waals surface area contributed by atoms with Crippen molar-refractivity contribution in [2.75, 3.05) is 13.2 Å². The topological polar surface area (TPSA) is 72.5 Å². The lowest BCUT2D eigenvalue weighted by molar-refractivity contribution is -0.138. The van der Waals surface area contributed by atoms with E-state index in [9.17, 15) is 27.6 Å². The molecule has 0 atom stereocenters. The molecule has 0 unspecified atom stereocenters. The van der Waals surface area contributed by atoms with Crippen LogP contribution in [0.1, 0.15) is 45.2 Å². The standard InChI is InChI=1S/C21H20F3NO4/c1-14(26)25-12-4-5-15-8-10-16(11-9-15)19(27)13-29-20(28)17-6-2-3-7-18(17)21(22,23)24/h2-3,6-11H,4-5,12-13H2,1H3,(H,25,26). The second-order valence-corrected chi connectivity index (χ2v) is 6.33. The molecule has 0 radical (unpaired) electrons. The summed E-state index contributed by atoms with van der Waals surface area (Å²) in [4.78, 5) is 35.0. The summed E-state index contributed by atoms with van der Waals surface area (Å²) in [5.74, 6) is -1.83. The highest BCUT2D eigenvalue weighted by molar-refractivity contribution is 5.99. The highest BCUT2D eigenvalue weighted by Gasteiger charge is 2.35. The van der Waals surface area contributed by atoms with Crippen molar-refractivity contribution in [2.24, 2.45) is 0 Å². The number of Topliss-reactive ketones (excluding diaryl/α,β-unsaturated/α-hetero) is 1. The zero-order valence-corrected chi connectivity index (χ0v) is 15.7. The van der Waals surface area contributed by atoms with Crippen molar-refractivity contribution in [1.29, 1.82) is 0 Å². The minimum absolute atomic E-state index is 0.0988. The second kappa shape index (κ2) is 9.86. The predicted molar refractivity (Wildman–Crippen MR) is 99.5 cm³/mol. The van der Waals surface area contributed by atoms with Gasteiger partial charge in [0.25, 0.3) is 0 Å². The van der Waals surface area contributed by atoms with E-state index in [0.717, 1.165) is 24.1 Å². The molecule has 5 nitrogen and oxygen atoms in total. The summed E-state index contributed by atoms with van der Waals surface area (Å²) < 4.78 is 43.7. The van der Waals surface area contributed by atoms with E-state index < -0.39 is 35.7 Å². The number of alkyl halides is 3. The number of hydrogen-bond donors (Lipinski definition) is 1. The van der Waals surface area contributed by atoms with E-state index in [0.29, 0.717) is 13.0 Å². The van der Waals surface area contributed by atoms with Crippen LogP contribution in [0.3, 0.4) is 0 Å². The molecular formula is C21H20F3NO4. The molecule has 2 rings (SSSR count). The van der Waals surface area contributed by atoms with Gasteiger partial charge in [0.15, 0.2) is 12.4 Å². The van der Waals surface area contributed by atoms with Crippen LogP contribution in [0.5, 0.6) is 0 Å². The molecule has 8 heteroatoms. The number of halogens is 3. The molecule has 0 bridgehead atoms. The third-order valence-electron chi connectivity index (χ3n) is 4.08. The van der Waals surface area contributed by atoms with Crippen LogP contribution in [0.25, 0.3) is 0 Å². The number of rotatable bonds is 8. The van der Waals surface area contributed by atoms with Gasteiger partial charge in [-0.2, -0.15) is 13.2 Å². The Hall–Kier alpha value is -3.16. The van der Waals surface area contributed by atoms with Crippen molar-refractivity contribution < 1.29 is 32.3 Å². The van der Waals surface area contributed by atoms with Crippen LogP contribution in [0.15, 0.2) is 48.5 Å². The average Bonchev–Trinajstić information content (AvgIpc) is 2.69. The van der Waals surface area contributed by atoms with Crippen LogP contribution in [0.2, 0.25) is 0 Å². The summed E-state index contributed by atoms with van der Waals surface area (Å²) in [5.41, 5.74) is -0.501. The molecule has 0 aliphatic heterocycles. The smallest absolute Gasteiger partial charge is 0.417 e. The van der Waals surface area contributed by atoms with E-state index in [1.165, 1.54) is 19.1 Å². The van der Waals surface area contributed by atoms with Crippen LogP contribution >= 0.6 is 0 Å². The van der Waals surface area contributed by atoms with E-state index in [1.54, 1.807) is 24.3 Å². The van der Waals surface area contributed by atoms with E-state index in [4.69, 9.17) is 4.74 Å². The maximum Gasteiger partial charge on any atom is 0.417 e. The lowest BCUT2D eigenvalue weighted by atomic mass is 10.1. The fourth-order valence-corrected chi connectivity index (χ4v) is 2.61. The van der Waals surface area contributed by atoms with Gasteiger partial charge in [0.05, 0.1) is 11.1 Å². The number of hydrogen-bond acceptors (Lipinski definition) is 4. The van der Waals surface area contributed by atoms with Crippen LogP contribution in [0, 0.1) is 0 Å². The van der Waals surface area contributed by atoms with Crippen LogP contribution in [-0.4, -0.2) is 30.8 Å². The van der Waals surface area contributed by atoms with E-state index in [2.05, 4.69) is 5.32 Å². The molecule has 154 valence electrons. The first-order chi connectivity index (χ1) is 13.7. The lowest BCUT2D eigenvalue weighted by Crippen LogP contribution is -2.21. The molecule has 0 spiro atoms. The molecule has 0 aliphatic carbocycles. The Morgan fingerprint density at radius 3 is 2.28 bits per heavy atom. The minimum Gasteiger partial charge on any atom is -0.454 e. The maximum atomic E-state index is 13.0. The van der Waals surface area contributed by atoms with Gasteiger partial charge in [-0.05, 0) is 30.5 Å². The third kappa shape index (κ3) is 6.74. The average molecular weight is 407 g/mol. The molecule has 1 amide bonds. The number of benzene rings is 2. The number of aryl methyl sites for hydroxylation is 1. The van der Waals surface area contributed by atoms with Crippen molar-refractivity contribution in [2.45, 2.75) is 25.9 Å². The van der Waals surface area contributed by atoms with Gasteiger partial charge in [-0.15, -0.1) is 0 Å². The summed E-state index contributed by atoms with van der Waals surface area (Å²) in [7, 11) is 0. The Labute approximate surface area is 165 Å². The summed E-state index contributed by atoms with van der Waals surface area (Å²) in [5, 5.41) is 2.69. The van der Waals surface area contributed by atoms with Gasteiger partial charge in [0.1, 0.15) is 0 Å². The van der Waals surface area contributed by atoms with Gasteiger partial charge >= 0.3 is 12.1 Å². The summed E-state index contributed by atoms with van der Waals surface area (Å²) in [6.45, 7) is 1.33. The fourth-order valence-electron chi connectivity index (χ4n) is 2.61. The van der Waals surface area contributed by atoms with Gasteiger partial charge in [-0.1, -0.05) is 36.4 Å². The molecule has 0 aromatic heterocycles. The Morgan fingerprint density at radius 1 is 1.00 bits per heavy atom. The molecule has 0 saturated carbocycles. The monoisotopic (exact) mass is 407 g/mol. The van der Waals surface area contributed by atoms with Crippen LogP contribution < -0.4 is 5.32 Å². The normalized spacial score (nSPS) is 11.0. The minimum atomic E-state index is -4.70. The van der Waals surface area contributed by atoms with E-state index in [-0.39, 0.29) is 11.5 Å². The first kappa shape index (κ1) is 22.1. The van der Waals surface area contributed by atoms with Crippen LogP contribution in [0.4, 0.5) is 13.2 Å². The molecule has 1 N–H and O–H groups in total. The predicted octanol–water partition coefficient (Wildman–Crippen LogP) is 3.81. The van der Waals surface area contributed by atoms with Gasteiger partial charge in [-0.3, -0.25) is 9.59 Å². The summed E-state index contributed by atoms with van der Waals surface area (Å²) in [6.07, 6.45) is -3.25. The number of carbonyl (C=O) groups excluding carboxylic acids is 3. The SMILES string of the molecule is CC(=O)NCCCc1ccc(C(=O)COC(=O)c2ccccc2C(F)(F)F)cc1. The van der Waals surface area contributed by atoms with Crippen molar-refractivity contribution in [1.82, 2.24) is 5.32 Å². The lowest BCUT2D eigenvalue weighted by Gasteiger charge is -2.12. The number of esters is 1. The second-order valence-electron chi connectivity index (χ2n) is 6.33. The largest absolute Gasteiger partial charge is 0.454 e. The van der Waals surface area contributed by atoms with Gasteiger partial charge in [-0.25, -0.2) is 4.79 Å². The highest BCUT2D eigenvalue weighted by Crippen LogP contribution is 2.32. The zero-order valence-electron chi connectivity index (χ0n) is 15.7. The van der Waals surface area contributed by atoms with Crippen molar-refractivity contribution in [3.05, 3.63) is 70.8 Å². The first-order valence-electron chi connectivity index (χ1n) is 8.88. The Kier molecular flexibility index (Phi) is 7.52. The number of carbonyl (C=O) groups is 3. The molecular weight excluding hydrogens is 387 g/mol. The van der Waals surface area contributed by atoms with Crippen molar-refractivity contribution in [3.8, 4) is 0 Å². The highest BCUT2D eigenvalue weighted by atomic mass is 19.4. The fraction of sp³-hybridized carbons (Fsp3) is 0.286. The van der Waals surface area contributed by atoms with Gasteiger partial charge < -0.3 is 10.1 Å². The molecule has 2 aromatic rings. The number of nitrogens with one attached hydrogen (secondary N) is 1. The summed E-state index contributed by atoms with van der Waals surface area (Å²) in [6, 6.07) is 10.8. The third-order valence-corrected chi connectivity index (χ3v) is 4.08. The Balaban J connectivity index is 1.91. The van der Waals surface area contributed by atoms with E-state index in [1.807, 2.05) is 0 Å². The van der Waals surface area contributed by atoms with E-state index >= 15 is 0 Å². The Bertz CT molecular complexity index is 876. The zero-order chi connectivity index (χ0) is 21.4. The molecule has 2 aromatic carbocycles. The van der Waals surface area contributed by atoms with Gasteiger partial charge in [0.2, 0.25) is 5.91 Å². The molecule has 29 heavy (non-hydrogen) atoms. The number of ether oxygens (including phenoxy) is 1. The van der Waals surface area contributed by atoms with Crippen molar-refractivity contribution in [3.63, 3.8) is 0 Å². The number of ketones is 1. The Morgan fingerprint density at radius 2 is 1.66 bits per heavy atom. The van der Waals surface area contributed by atoms with Gasteiger partial charge in [0, 0.05) is 19.0 Å². The maximum absolute atomic E-state index is 13.0. The molecule has 0 heterocycles. The first-order valence-corrected chi connectivity index (χ1v) is 8.88. The van der Waals surface area contributed by atoms with Crippen molar-refractivity contribution >= 4 is 17.7 Å². The number of amides is 1. The summed E-state index contributed by atoms with van der Waals surface area (Å²) >= 11 is 0. The molecule has 0 saturated heterocycles. The quantitative estimate of drug-likeness (QED) is 0.410.